The van der Waals surface area contributed by atoms with E-state index in [1.165, 1.54) is 12.8 Å². The summed E-state index contributed by atoms with van der Waals surface area (Å²) in [6.45, 7) is 2.81. The van der Waals surface area contributed by atoms with Gasteiger partial charge in [-0.15, -0.1) is 0 Å². The predicted octanol–water partition coefficient (Wildman–Crippen LogP) is 6.16. The quantitative estimate of drug-likeness (QED) is 0.448. The third kappa shape index (κ3) is 4.94. The van der Waals surface area contributed by atoms with Crippen LogP contribution in [-0.2, 0) is 0 Å². The lowest BCUT2D eigenvalue weighted by Gasteiger charge is -2.08. The molecule has 0 fully saturated rings. The summed E-state index contributed by atoms with van der Waals surface area (Å²) >= 11 is 12.3. The Kier molecular flexibility index (Phi) is 7.12. The molecule has 0 aliphatic carbocycles. The number of benzene rings is 2. The number of nitrogens with one attached hydrogen (secondary N) is 1. The van der Waals surface area contributed by atoms with Crippen molar-refractivity contribution in [3.05, 3.63) is 70.3 Å². The van der Waals surface area contributed by atoms with Crippen LogP contribution in [0.15, 0.2) is 54.6 Å². The zero-order chi connectivity index (χ0) is 19.9. The first-order valence-electron chi connectivity index (χ1n) is 9.49. The molecule has 0 atom stereocenters. The minimum Gasteiger partial charge on any atom is -0.351 e. The maximum absolute atomic E-state index is 12.8. The van der Waals surface area contributed by atoms with Crippen LogP contribution < -0.4 is 5.32 Å². The smallest absolute Gasteiger partial charge is 0.270 e. The average molecular weight is 416 g/mol. The first-order valence-corrected chi connectivity index (χ1v) is 10.2. The molecule has 0 bridgehead atoms. The van der Waals surface area contributed by atoms with Gasteiger partial charge in [0.15, 0.2) is 0 Å². The largest absolute Gasteiger partial charge is 0.351 e. The van der Waals surface area contributed by atoms with Crippen molar-refractivity contribution in [2.45, 2.75) is 32.6 Å². The molecule has 4 nitrogen and oxygen atoms in total. The highest BCUT2D eigenvalue weighted by molar-refractivity contribution is 6.33. The average Bonchev–Trinajstić information content (AvgIpc) is 3.14. The van der Waals surface area contributed by atoms with E-state index in [2.05, 4.69) is 17.3 Å². The SMILES string of the molecule is CCCCCCNC(=O)c1cc(-c2ccccc2Cl)nn1-c1ccc(Cl)cc1. The van der Waals surface area contributed by atoms with E-state index in [1.54, 1.807) is 22.9 Å². The Morgan fingerprint density at radius 1 is 1.04 bits per heavy atom. The number of unbranched alkanes of at least 4 members (excludes halogenated alkanes) is 3. The normalized spacial score (nSPS) is 10.8. The third-order valence-electron chi connectivity index (χ3n) is 4.48. The minimum atomic E-state index is -0.155. The second kappa shape index (κ2) is 9.76. The standard InChI is InChI=1S/C22H23Cl2N3O/c1-2-3-4-7-14-25-22(28)21-15-20(18-8-5-6-9-19(18)24)26-27(21)17-12-10-16(23)11-13-17/h5-6,8-13,15H,2-4,7,14H2,1H3,(H,25,28). The zero-order valence-corrected chi connectivity index (χ0v) is 17.3. The molecule has 0 saturated heterocycles. The zero-order valence-electron chi connectivity index (χ0n) is 15.8. The molecule has 0 aliphatic rings. The van der Waals surface area contributed by atoms with Crippen molar-refractivity contribution in [1.82, 2.24) is 15.1 Å². The van der Waals surface area contributed by atoms with E-state index in [-0.39, 0.29) is 5.91 Å². The first-order chi connectivity index (χ1) is 13.6. The van der Waals surface area contributed by atoms with Gasteiger partial charge in [0, 0.05) is 17.1 Å². The monoisotopic (exact) mass is 415 g/mol. The Bertz CT molecular complexity index is 935. The fourth-order valence-corrected chi connectivity index (χ4v) is 3.33. The minimum absolute atomic E-state index is 0.155. The molecule has 0 unspecified atom stereocenters. The lowest BCUT2D eigenvalue weighted by atomic mass is 10.1. The summed E-state index contributed by atoms with van der Waals surface area (Å²) in [5.41, 5.74) is 2.66. The molecular formula is C22H23Cl2N3O. The van der Waals surface area contributed by atoms with Gasteiger partial charge in [0.2, 0.25) is 0 Å². The van der Waals surface area contributed by atoms with Crippen LogP contribution in [-0.4, -0.2) is 22.2 Å². The molecule has 0 radical (unpaired) electrons. The number of nitrogens with zero attached hydrogens (tertiary/aromatic N) is 2. The van der Waals surface area contributed by atoms with Crippen LogP contribution in [0.1, 0.15) is 43.1 Å². The number of halogens is 2. The van der Waals surface area contributed by atoms with Crippen molar-refractivity contribution < 1.29 is 4.79 Å². The Morgan fingerprint density at radius 3 is 2.50 bits per heavy atom. The molecule has 6 heteroatoms. The predicted molar refractivity (Wildman–Crippen MR) is 115 cm³/mol. The molecule has 1 N–H and O–H groups in total. The van der Waals surface area contributed by atoms with E-state index in [9.17, 15) is 4.79 Å². The highest BCUT2D eigenvalue weighted by Gasteiger charge is 2.18. The number of carbonyl (C=O) groups excluding carboxylic acids is 1. The summed E-state index contributed by atoms with van der Waals surface area (Å²) in [5.74, 6) is -0.155. The highest BCUT2D eigenvalue weighted by atomic mass is 35.5. The van der Waals surface area contributed by atoms with Crippen LogP contribution >= 0.6 is 23.2 Å². The van der Waals surface area contributed by atoms with Crippen LogP contribution in [0.5, 0.6) is 0 Å². The van der Waals surface area contributed by atoms with Crippen molar-refractivity contribution in [3.8, 4) is 16.9 Å². The topological polar surface area (TPSA) is 46.9 Å². The van der Waals surface area contributed by atoms with Gasteiger partial charge >= 0.3 is 0 Å². The van der Waals surface area contributed by atoms with Gasteiger partial charge < -0.3 is 5.32 Å². The van der Waals surface area contributed by atoms with Crippen LogP contribution in [0.3, 0.4) is 0 Å². The Hall–Kier alpha value is -2.30. The van der Waals surface area contributed by atoms with E-state index in [4.69, 9.17) is 23.2 Å². The van der Waals surface area contributed by atoms with Crippen LogP contribution in [0.2, 0.25) is 10.0 Å². The van der Waals surface area contributed by atoms with Crippen LogP contribution in [0, 0.1) is 0 Å². The fourth-order valence-electron chi connectivity index (χ4n) is 2.97. The van der Waals surface area contributed by atoms with E-state index in [1.807, 2.05) is 36.4 Å². The van der Waals surface area contributed by atoms with Gasteiger partial charge in [0.1, 0.15) is 5.69 Å². The van der Waals surface area contributed by atoms with Crippen molar-refractivity contribution in [2.24, 2.45) is 0 Å². The van der Waals surface area contributed by atoms with Gasteiger partial charge in [0.05, 0.1) is 16.4 Å². The fraction of sp³-hybridized carbons (Fsp3) is 0.273. The maximum Gasteiger partial charge on any atom is 0.270 e. The molecule has 0 saturated carbocycles. The second-order valence-electron chi connectivity index (χ2n) is 6.60. The molecule has 1 aromatic heterocycles. The third-order valence-corrected chi connectivity index (χ3v) is 5.06. The molecule has 1 amide bonds. The lowest BCUT2D eigenvalue weighted by Crippen LogP contribution is -2.26. The molecular weight excluding hydrogens is 393 g/mol. The molecule has 3 aromatic rings. The van der Waals surface area contributed by atoms with Gasteiger partial charge in [0.25, 0.3) is 5.91 Å². The van der Waals surface area contributed by atoms with Crippen molar-refractivity contribution in [2.75, 3.05) is 6.54 Å². The van der Waals surface area contributed by atoms with Crippen molar-refractivity contribution in [1.29, 1.82) is 0 Å². The van der Waals surface area contributed by atoms with Crippen LogP contribution in [0.4, 0.5) is 0 Å². The molecule has 28 heavy (non-hydrogen) atoms. The van der Waals surface area contributed by atoms with E-state index < -0.39 is 0 Å². The molecule has 3 rings (SSSR count). The lowest BCUT2D eigenvalue weighted by molar-refractivity contribution is 0.0945. The van der Waals surface area contributed by atoms with Crippen molar-refractivity contribution >= 4 is 29.1 Å². The molecule has 1 heterocycles. The summed E-state index contributed by atoms with van der Waals surface area (Å²) in [6, 6.07) is 16.5. The molecule has 146 valence electrons. The maximum atomic E-state index is 12.8. The van der Waals surface area contributed by atoms with Gasteiger partial charge in [-0.05, 0) is 42.8 Å². The summed E-state index contributed by atoms with van der Waals surface area (Å²) in [5, 5.41) is 8.87. The first kappa shape index (κ1) is 20.4. The Balaban J connectivity index is 1.91. The summed E-state index contributed by atoms with van der Waals surface area (Å²) in [6.07, 6.45) is 4.41. The van der Waals surface area contributed by atoms with E-state index in [0.29, 0.717) is 28.0 Å². The number of hydrogen-bond acceptors (Lipinski definition) is 2. The molecule has 0 aliphatic heterocycles. The summed E-state index contributed by atoms with van der Waals surface area (Å²) in [4.78, 5) is 12.8. The highest BCUT2D eigenvalue weighted by Crippen LogP contribution is 2.28. The summed E-state index contributed by atoms with van der Waals surface area (Å²) in [7, 11) is 0. The number of amides is 1. The summed E-state index contributed by atoms with van der Waals surface area (Å²) < 4.78 is 1.64. The number of carbonyl (C=O) groups is 1. The van der Waals surface area contributed by atoms with Crippen LogP contribution in [0.25, 0.3) is 16.9 Å². The van der Waals surface area contributed by atoms with E-state index >= 15 is 0 Å². The Morgan fingerprint density at radius 2 is 1.79 bits per heavy atom. The van der Waals surface area contributed by atoms with Gasteiger partial charge in [-0.2, -0.15) is 5.10 Å². The van der Waals surface area contributed by atoms with Gasteiger partial charge in [-0.25, -0.2) is 4.68 Å². The van der Waals surface area contributed by atoms with Gasteiger partial charge in [-0.3, -0.25) is 4.79 Å². The van der Waals surface area contributed by atoms with Crippen molar-refractivity contribution in [3.63, 3.8) is 0 Å². The number of aromatic nitrogens is 2. The second-order valence-corrected chi connectivity index (χ2v) is 7.44. The Labute approximate surface area is 175 Å². The van der Waals surface area contributed by atoms with Gasteiger partial charge in [-0.1, -0.05) is 67.6 Å². The molecule has 0 spiro atoms. The van der Waals surface area contributed by atoms with E-state index in [0.717, 1.165) is 24.1 Å². The number of rotatable bonds is 8. The number of hydrogen-bond donors (Lipinski definition) is 1. The molecule has 2 aromatic carbocycles.